The summed E-state index contributed by atoms with van der Waals surface area (Å²) < 4.78 is 9.88. The van der Waals surface area contributed by atoms with Gasteiger partial charge in [0.25, 0.3) is 8.40 Å². The Balaban J connectivity index is 5.04. The van der Waals surface area contributed by atoms with Crippen LogP contribution in [-0.4, -0.2) is 48.4 Å². The SMILES string of the molecule is C[Si](C)(N=P(C)(C)C)N=P(C)(C)C. The Kier molecular flexibility index (Phi) is 4.25. The summed E-state index contributed by atoms with van der Waals surface area (Å²) in [7, 11) is -3.65. The molecule has 0 bridgehead atoms. The van der Waals surface area contributed by atoms with Gasteiger partial charge in [-0.15, -0.1) is 0 Å². The third kappa shape index (κ3) is 8.99. The van der Waals surface area contributed by atoms with Crippen LogP contribution in [0.15, 0.2) is 8.82 Å². The van der Waals surface area contributed by atoms with Gasteiger partial charge in [0.1, 0.15) is 0 Å². The fourth-order valence-electron chi connectivity index (χ4n) is 1.49. The van der Waals surface area contributed by atoms with E-state index in [1.165, 1.54) is 0 Å². The van der Waals surface area contributed by atoms with Gasteiger partial charge < -0.3 is 8.82 Å². The van der Waals surface area contributed by atoms with Gasteiger partial charge in [0.2, 0.25) is 0 Å². The van der Waals surface area contributed by atoms with Crippen molar-refractivity contribution in [1.29, 1.82) is 0 Å². The number of hydrogen-bond acceptors (Lipinski definition) is 2. The molecule has 0 heterocycles. The molecule has 0 saturated heterocycles. The Hall–Kier alpha value is 0.677. The summed E-state index contributed by atoms with van der Waals surface area (Å²) in [5.41, 5.74) is 0. The van der Waals surface area contributed by atoms with Crippen molar-refractivity contribution in [3.8, 4) is 0 Å². The highest BCUT2D eigenvalue weighted by Crippen LogP contribution is 2.43. The maximum absolute atomic E-state index is 4.94. The maximum atomic E-state index is 4.94. The topological polar surface area (TPSA) is 24.7 Å². The van der Waals surface area contributed by atoms with Crippen LogP contribution >= 0.6 is 14.1 Å². The second kappa shape index (κ2) is 4.04. The molecule has 13 heavy (non-hydrogen) atoms. The molecule has 0 saturated carbocycles. The highest BCUT2D eigenvalue weighted by atomic mass is 31.2. The minimum atomic E-state index is -1.63. The van der Waals surface area contributed by atoms with Gasteiger partial charge in [0.15, 0.2) is 0 Å². The molecule has 0 aliphatic rings. The maximum Gasteiger partial charge on any atom is 0.292 e. The molecule has 0 rings (SSSR count). The predicted octanol–water partition coefficient (Wildman–Crippen LogP) is 3.87. The summed E-state index contributed by atoms with van der Waals surface area (Å²) in [5.74, 6) is 0. The summed E-state index contributed by atoms with van der Waals surface area (Å²) in [6.07, 6.45) is 0. The van der Waals surface area contributed by atoms with Crippen molar-refractivity contribution >= 4 is 22.5 Å². The van der Waals surface area contributed by atoms with E-state index in [1.807, 2.05) is 0 Å². The lowest BCUT2D eigenvalue weighted by atomic mass is 11.9. The van der Waals surface area contributed by atoms with Crippen molar-refractivity contribution in [2.24, 2.45) is 8.82 Å². The molecule has 0 spiro atoms. The first-order chi connectivity index (χ1) is 5.41. The van der Waals surface area contributed by atoms with Crippen LogP contribution < -0.4 is 0 Å². The van der Waals surface area contributed by atoms with Gasteiger partial charge in [-0.3, -0.25) is 0 Å². The highest BCUT2D eigenvalue weighted by Gasteiger charge is 2.21. The van der Waals surface area contributed by atoms with E-state index in [0.29, 0.717) is 0 Å². The summed E-state index contributed by atoms with van der Waals surface area (Å²) in [5, 5.41) is 0. The Morgan fingerprint density at radius 2 is 0.923 bits per heavy atom. The van der Waals surface area contributed by atoms with Gasteiger partial charge in [-0.25, -0.2) is 0 Å². The lowest BCUT2D eigenvalue weighted by Crippen LogP contribution is -2.19. The van der Waals surface area contributed by atoms with E-state index in [0.717, 1.165) is 0 Å². The van der Waals surface area contributed by atoms with E-state index < -0.39 is 22.5 Å². The average molecular weight is 238 g/mol. The van der Waals surface area contributed by atoms with Crippen LogP contribution in [0.2, 0.25) is 13.1 Å². The van der Waals surface area contributed by atoms with Crippen molar-refractivity contribution in [2.75, 3.05) is 40.0 Å². The van der Waals surface area contributed by atoms with E-state index in [2.05, 4.69) is 53.1 Å². The second-order valence-corrected chi connectivity index (χ2v) is 17.9. The molecule has 2 nitrogen and oxygen atoms in total. The molecule has 0 fully saturated rings. The van der Waals surface area contributed by atoms with Gasteiger partial charge in [-0.2, -0.15) is 0 Å². The lowest BCUT2D eigenvalue weighted by Gasteiger charge is -2.21. The molecule has 0 aliphatic heterocycles. The minimum Gasteiger partial charge on any atom is -0.314 e. The van der Waals surface area contributed by atoms with E-state index in [1.54, 1.807) is 0 Å². The van der Waals surface area contributed by atoms with Crippen LogP contribution in [0, 0.1) is 0 Å². The van der Waals surface area contributed by atoms with Crippen LogP contribution in [0.5, 0.6) is 0 Å². The first-order valence-corrected chi connectivity index (χ1v) is 13.6. The molecule has 0 atom stereocenters. The zero-order valence-corrected chi connectivity index (χ0v) is 13.1. The molecule has 0 aromatic heterocycles. The standard InChI is InChI=1S/C8H24N2P2Si/c1-11(2,3)9-13(7,8)10-12(4,5)6/h1-8H3. The van der Waals surface area contributed by atoms with Crippen LogP contribution in [0.3, 0.4) is 0 Å². The number of hydrogen-bond donors (Lipinski definition) is 0. The summed E-state index contributed by atoms with van der Waals surface area (Å²) in [4.78, 5) is 0. The molecule has 80 valence electrons. The molecule has 5 heteroatoms. The van der Waals surface area contributed by atoms with E-state index in [4.69, 9.17) is 8.82 Å². The van der Waals surface area contributed by atoms with Crippen molar-refractivity contribution in [1.82, 2.24) is 0 Å². The highest BCUT2D eigenvalue weighted by molar-refractivity contribution is 7.66. The Bertz CT molecular complexity index is 238. The monoisotopic (exact) mass is 238 g/mol. The van der Waals surface area contributed by atoms with Crippen molar-refractivity contribution in [3.63, 3.8) is 0 Å². The van der Waals surface area contributed by atoms with Crippen molar-refractivity contribution in [2.45, 2.75) is 13.1 Å². The third-order valence-electron chi connectivity index (χ3n) is 1.09. The van der Waals surface area contributed by atoms with Crippen molar-refractivity contribution in [3.05, 3.63) is 0 Å². The number of nitrogens with zero attached hydrogens (tertiary/aromatic N) is 2. The zero-order chi connectivity index (χ0) is 10.9. The van der Waals surface area contributed by atoms with E-state index >= 15 is 0 Å². The van der Waals surface area contributed by atoms with Gasteiger partial charge in [-0.05, 0) is 67.2 Å². The molecule has 0 aromatic rings. The molecule has 0 unspecified atom stereocenters. The molecule has 0 amide bonds. The van der Waals surface area contributed by atoms with Gasteiger partial charge in [-0.1, -0.05) is 0 Å². The molecule has 0 radical (unpaired) electrons. The number of rotatable bonds is 2. The Labute approximate surface area is 84.8 Å². The lowest BCUT2D eigenvalue weighted by molar-refractivity contribution is 1.50. The largest absolute Gasteiger partial charge is 0.314 e. The smallest absolute Gasteiger partial charge is 0.292 e. The quantitative estimate of drug-likeness (QED) is 0.515. The predicted molar refractivity (Wildman–Crippen MR) is 71.7 cm³/mol. The van der Waals surface area contributed by atoms with Crippen molar-refractivity contribution < 1.29 is 0 Å². The van der Waals surface area contributed by atoms with Crippen LogP contribution in [0.25, 0.3) is 0 Å². The third-order valence-corrected chi connectivity index (χ3v) is 9.80. The first-order valence-electron chi connectivity index (χ1n) is 4.53. The normalized spacial score (nSPS) is 14.2. The molecule has 0 N–H and O–H groups in total. The van der Waals surface area contributed by atoms with E-state index in [9.17, 15) is 0 Å². The average Bonchev–Trinajstić information content (AvgIpc) is 1.43. The Morgan fingerprint density at radius 3 is 1.08 bits per heavy atom. The van der Waals surface area contributed by atoms with Gasteiger partial charge in [0.05, 0.1) is 0 Å². The van der Waals surface area contributed by atoms with E-state index in [-0.39, 0.29) is 0 Å². The summed E-state index contributed by atoms with van der Waals surface area (Å²) in [6, 6.07) is 0. The molecular weight excluding hydrogens is 214 g/mol. The van der Waals surface area contributed by atoms with Crippen LogP contribution in [-0.2, 0) is 0 Å². The Morgan fingerprint density at radius 1 is 0.692 bits per heavy atom. The zero-order valence-electron chi connectivity index (χ0n) is 10.3. The summed E-state index contributed by atoms with van der Waals surface area (Å²) in [6.45, 7) is 18.1. The fourth-order valence-corrected chi connectivity index (χ4v) is 13.8. The second-order valence-electron chi connectivity index (χ2n) is 5.58. The van der Waals surface area contributed by atoms with Gasteiger partial charge >= 0.3 is 0 Å². The fraction of sp³-hybridized carbons (Fsp3) is 1.00. The molecule has 0 aromatic carbocycles. The van der Waals surface area contributed by atoms with Crippen LogP contribution in [0.1, 0.15) is 0 Å². The van der Waals surface area contributed by atoms with Crippen LogP contribution in [0.4, 0.5) is 0 Å². The minimum absolute atomic E-state index is 1.01. The van der Waals surface area contributed by atoms with Gasteiger partial charge in [0, 0.05) is 0 Å². The first kappa shape index (κ1) is 13.7. The molecular formula is C8H24N2P2Si. The summed E-state index contributed by atoms with van der Waals surface area (Å²) >= 11 is 0. The molecule has 0 aliphatic carbocycles.